The van der Waals surface area contributed by atoms with Crippen molar-refractivity contribution in [2.45, 2.75) is 18.4 Å². The van der Waals surface area contributed by atoms with Gasteiger partial charge in [-0.2, -0.15) is 0 Å². The van der Waals surface area contributed by atoms with Crippen LogP contribution in [0, 0.1) is 0 Å². The predicted molar refractivity (Wildman–Crippen MR) is 40.7 cm³/mol. The molecule has 16 heavy (non-hydrogen) atoms. The zero-order chi connectivity index (χ0) is 10.6. The molecule has 0 aliphatic rings. The molecule has 80 valence electrons. The average molecular weight is 296 g/mol. The molecule has 0 saturated carbocycles. The molecule has 0 fully saturated rings. The van der Waals surface area contributed by atoms with Gasteiger partial charge in [-0.25, -0.2) is 0 Å². The largest absolute Gasteiger partial charge is 3.00 e. The van der Waals surface area contributed by atoms with E-state index in [9.17, 15) is 29.7 Å². The number of aliphatic hydroxyl groups is 1. The van der Waals surface area contributed by atoms with Gasteiger partial charge in [0.05, 0.1) is 5.97 Å². The van der Waals surface area contributed by atoms with Crippen molar-refractivity contribution >= 4 is 58.3 Å². The molecule has 0 spiro atoms. The minimum absolute atomic E-state index is 0. The zero-order valence-corrected chi connectivity index (χ0v) is 11.6. The second kappa shape index (κ2) is 10.3. The second-order valence-corrected chi connectivity index (χ2v) is 2.42. The Bertz CT molecular complexity index is 243. The van der Waals surface area contributed by atoms with E-state index in [0.717, 1.165) is 0 Å². The average Bonchev–Trinajstić information content (AvgIpc) is 1.82. The number of rotatable bonds is 5. The minimum Gasteiger partial charge on any atom is -0.550 e. The molecular weight excluding hydrogens is 291 g/mol. The van der Waals surface area contributed by atoms with E-state index in [4.69, 9.17) is 5.11 Å². The van der Waals surface area contributed by atoms with Crippen LogP contribution < -0.4 is 15.3 Å². The van der Waals surface area contributed by atoms with Crippen molar-refractivity contribution in [3.8, 4) is 0 Å². The van der Waals surface area contributed by atoms with Crippen LogP contribution in [0.15, 0.2) is 0 Å². The van der Waals surface area contributed by atoms with E-state index in [1.165, 1.54) is 0 Å². The summed E-state index contributed by atoms with van der Waals surface area (Å²) in [7, 11) is 0. The molecule has 0 aromatic heterocycles. The smallest absolute Gasteiger partial charge is 0.550 e. The van der Waals surface area contributed by atoms with Crippen LogP contribution in [0.3, 0.4) is 0 Å². The molecule has 0 rings (SSSR count). The van der Waals surface area contributed by atoms with Gasteiger partial charge in [0.1, 0.15) is 5.60 Å². The molecule has 7 nitrogen and oxygen atoms in total. The fraction of sp³-hybridized carbons (Fsp3) is 0.500. The molecule has 0 aromatic carbocycles. The van der Waals surface area contributed by atoms with Gasteiger partial charge in [0.2, 0.25) is 0 Å². The Morgan fingerprint density at radius 3 is 1.38 bits per heavy atom. The molecule has 0 aliphatic carbocycles. The molecule has 0 amide bonds. The Morgan fingerprint density at radius 1 is 1.00 bits per heavy atom. The van der Waals surface area contributed by atoms with Crippen molar-refractivity contribution in [1.82, 2.24) is 0 Å². The molecule has 0 aromatic rings. The third kappa shape index (κ3) is 9.42. The van der Waals surface area contributed by atoms with Crippen molar-refractivity contribution in [2.24, 2.45) is 0 Å². The van der Waals surface area contributed by atoms with Gasteiger partial charge in [-0.05, 0) is 0 Å². The summed E-state index contributed by atoms with van der Waals surface area (Å²) >= 11 is 0. The van der Waals surface area contributed by atoms with E-state index in [1.54, 1.807) is 0 Å². The summed E-state index contributed by atoms with van der Waals surface area (Å²) < 4.78 is 0. The number of carboxylic acids is 3. The van der Waals surface area contributed by atoms with Gasteiger partial charge in [0.25, 0.3) is 0 Å². The van der Waals surface area contributed by atoms with E-state index >= 15 is 0 Å². The Morgan fingerprint density at radius 2 is 1.25 bits per heavy atom. The van der Waals surface area contributed by atoms with Crippen LogP contribution in [-0.4, -0.2) is 69.0 Å². The summed E-state index contributed by atoms with van der Waals surface area (Å²) in [5, 5.41) is 38.9. The summed E-state index contributed by atoms with van der Waals surface area (Å²) in [6.45, 7) is 0. The van der Waals surface area contributed by atoms with Gasteiger partial charge in [-0.3, -0.25) is 0 Å². The van der Waals surface area contributed by atoms with E-state index in [0.29, 0.717) is 0 Å². The normalized spacial score (nSPS) is 8.81. The Labute approximate surface area is 128 Å². The molecule has 1 N–H and O–H groups in total. The predicted octanol–water partition coefficient (Wildman–Crippen LogP) is -6.02. The molecule has 0 unspecified atom stereocenters. The maximum Gasteiger partial charge on any atom is 3.00 e. The SMILES string of the molecule is O=C([O-])CC(O)(CC(=O)[O-])C(=O)[O-].[Al+3].[Fe+2].[Mg+2]. The Kier molecular flexibility index (Phi) is 16.3. The van der Waals surface area contributed by atoms with Crippen LogP contribution in [-0.2, 0) is 31.5 Å². The van der Waals surface area contributed by atoms with Crippen molar-refractivity contribution in [3.05, 3.63) is 0 Å². The van der Waals surface area contributed by atoms with Crippen molar-refractivity contribution < 1.29 is 51.9 Å². The van der Waals surface area contributed by atoms with Crippen molar-refractivity contribution in [1.29, 1.82) is 0 Å². The van der Waals surface area contributed by atoms with E-state index in [2.05, 4.69) is 0 Å². The number of aliphatic carboxylic acids is 3. The summed E-state index contributed by atoms with van der Waals surface area (Å²) in [6, 6.07) is 0. The molecule has 0 radical (unpaired) electrons. The van der Waals surface area contributed by atoms with E-state index in [-0.39, 0.29) is 57.5 Å². The summed E-state index contributed by atoms with van der Waals surface area (Å²) in [4.78, 5) is 30.0. The molecule has 0 heterocycles. The number of carbonyl (C=O) groups is 3. The maximum atomic E-state index is 10.1. The number of hydrogen-bond donors (Lipinski definition) is 1. The molecule has 0 atom stereocenters. The van der Waals surface area contributed by atoms with Gasteiger partial charge in [0, 0.05) is 24.8 Å². The van der Waals surface area contributed by atoms with Crippen molar-refractivity contribution in [3.63, 3.8) is 0 Å². The van der Waals surface area contributed by atoms with Gasteiger partial charge in [0.15, 0.2) is 0 Å². The van der Waals surface area contributed by atoms with Gasteiger partial charge in [-0.1, -0.05) is 0 Å². The van der Waals surface area contributed by atoms with Crippen LogP contribution in [0.4, 0.5) is 0 Å². The Hall–Kier alpha value is 0.188. The first-order chi connectivity index (χ1) is 5.78. The van der Waals surface area contributed by atoms with Crippen LogP contribution in [0.2, 0.25) is 0 Å². The fourth-order valence-electron chi connectivity index (χ4n) is 0.684. The van der Waals surface area contributed by atoms with Crippen LogP contribution >= 0.6 is 0 Å². The van der Waals surface area contributed by atoms with Gasteiger partial charge >= 0.3 is 57.5 Å². The van der Waals surface area contributed by atoms with Crippen LogP contribution in [0.25, 0.3) is 0 Å². The first-order valence-electron chi connectivity index (χ1n) is 3.11. The van der Waals surface area contributed by atoms with Crippen LogP contribution in [0.1, 0.15) is 12.8 Å². The third-order valence-electron chi connectivity index (χ3n) is 1.25. The topological polar surface area (TPSA) is 141 Å². The van der Waals surface area contributed by atoms with Crippen molar-refractivity contribution in [2.75, 3.05) is 0 Å². The number of carbonyl (C=O) groups excluding carboxylic acids is 3. The fourth-order valence-corrected chi connectivity index (χ4v) is 0.684. The number of carboxylic acid groups (broad SMARTS) is 3. The second-order valence-electron chi connectivity index (χ2n) is 2.42. The van der Waals surface area contributed by atoms with Crippen LogP contribution in [0.5, 0.6) is 0 Å². The molecule has 0 bridgehead atoms. The summed E-state index contributed by atoms with van der Waals surface area (Å²) in [6.07, 6.45) is -2.72. The van der Waals surface area contributed by atoms with Gasteiger partial charge in [-0.15, -0.1) is 0 Å². The first kappa shape index (κ1) is 25.1. The quantitative estimate of drug-likeness (QED) is 0.498. The van der Waals surface area contributed by atoms with Gasteiger partial charge < -0.3 is 34.8 Å². The monoisotopic (exact) mass is 296 g/mol. The maximum absolute atomic E-state index is 10.1. The first-order valence-corrected chi connectivity index (χ1v) is 3.11. The zero-order valence-electron chi connectivity index (χ0n) is 7.95. The molecule has 0 saturated heterocycles. The van der Waals surface area contributed by atoms with E-state index < -0.39 is 36.4 Å². The minimum atomic E-state index is -2.97. The van der Waals surface area contributed by atoms with E-state index in [1.807, 2.05) is 0 Å². The summed E-state index contributed by atoms with van der Waals surface area (Å²) in [5.41, 5.74) is -2.97. The summed E-state index contributed by atoms with van der Waals surface area (Å²) in [5.74, 6) is -5.98. The third-order valence-corrected chi connectivity index (χ3v) is 1.25. The standard InChI is InChI=1S/C6H8O7.Al.Fe.Mg/c7-3(8)1-6(13,5(11)12)2-4(9)10;;;/h13H,1-2H2,(H,7,8)(H,9,10)(H,11,12);;;/q;+3;2*+2/p-3. The Balaban J connectivity index is -0.000000240. The molecule has 10 heteroatoms. The molecule has 0 aliphatic heterocycles. The molecular formula is C6H5AlFeMgO7+4. The number of hydrogen-bond acceptors (Lipinski definition) is 7.